The van der Waals surface area contributed by atoms with Crippen LogP contribution in [-0.4, -0.2) is 42.3 Å². The first-order valence-corrected chi connectivity index (χ1v) is 12.5. The minimum atomic E-state index is -0.590. The molecule has 3 heterocycles. The van der Waals surface area contributed by atoms with E-state index in [1.54, 1.807) is 31.2 Å². The Hall–Kier alpha value is -3.14. The second-order valence-corrected chi connectivity index (χ2v) is 9.33. The Labute approximate surface area is 210 Å². The lowest BCUT2D eigenvalue weighted by Gasteiger charge is -2.10. The summed E-state index contributed by atoms with van der Waals surface area (Å²) in [6.07, 6.45) is 4.64. The lowest BCUT2D eigenvalue weighted by molar-refractivity contribution is -0.135. The highest BCUT2D eigenvalue weighted by Crippen LogP contribution is 2.29. The molecule has 0 spiro atoms. The highest BCUT2D eigenvalue weighted by molar-refractivity contribution is 7.07. The molecule has 1 aromatic carbocycles. The van der Waals surface area contributed by atoms with Gasteiger partial charge in [0.2, 0.25) is 5.91 Å². The van der Waals surface area contributed by atoms with E-state index in [-0.39, 0.29) is 25.2 Å². The van der Waals surface area contributed by atoms with Gasteiger partial charge in [0.1, 0.15) is 22.7 Å². The smallest absolute Gasteiger partial charge is 0.333 e. The molecular weight excluding hydrogens is 492 g/mol. The Kier molecular flexibility index (Phi) is 8.22. The van der Waals surface area contributed by atoms with Crippen molar-refractivity contribution in [3.8, 4) is 11.3 Å². The van der Waals surface area contributed by atoms with Crippen molar-refractivity contribution in [3.05, 3.63) is 66.7 Å². The van der Waals surface area contributed by atoms with Crippen molar-refractivity contribution < 1.29 is 23.5 Å². The Morgan fingerprint density at radius 3 is 2.86 bits per heavy atom. The maximum Gasteiger partial charge on any atom is 0.333 e. The Morgan fingerprint density at radius 2 is 2.11 bits per heavy atom. The van der Waals surface area contributed by atoms with Crippen LogP contribution in [0.1, 0.15) is 25.5 Å². The fourth-order valence-electron chi connectivity index (χ4n) is 3.68. The summed E-state index contributed by atoms with van der Waals surface area (Å²) in [6, 6.07) is 10.8. The number of thiazole rings is 1. The molecule has 35 heavy (non-hydrogen) atoms. The van der Waals surface area contributed by atoms with E-state index in [2.05, 4.69) is 5.32 Å². The third kappa shape index (κ3) is 6.30. The van der Waals surface area contributed by atoms with Crippen LogP contribution in [0.2, 0.25) is 5.02 Å². The number of hydrogen-bond acceptors (Lipinski definition) is 7. The van der Waals surface area contributed by atoms with Crippen LogP contribution < -0.4 is 20.1 Å². The number of aromatic nitrogens is 1. The van der Waals surface area contributed by atoms with Crippen LogP contribution in [0.4, 0.5) is 0 Å². The molecule has 2 aromatic heterocycles. The number of amides is 1. The average molecular weight is 517 g/mol. The van der Waals surface area contributed by atoms with Crippen molar-refractivity contribution in [2.45, 2.75) is 32.4 Å². The summed E-state index contributed by atoms with van der Waals surface area (Å²) >= 11 is 7.33. The molecule has 4 rings (SSSR count). The topological polar surface area (TPSA) is 99.8 Å². The number of esters is 1. The minimum absolute atomic E-state index is 0.0149. The SMILES string of the molecule is CCOC(=O)C=c1sc(=Cc2ccc(-c3ccccc3Cl)o2)c(=O)n1CC(=O)NCC1CCCO1. The molecule has 1 amide bonds. The number of benzene rings is 1. The van der Waals surface area contributed by atoms with E-state index in [0.717, 1.165) is 29.7 Å². The van der Waals surface area contributed by atoms with Crippen LogP contribution in [0, 0.1) is 0 Å². The summed E-state index contributed by atoms with van der Waals surface area (Å²) in [4.78, 5) is 37.8. The van der Waals surface area contributed by atoms with Crippen molar-refractivity contribution in [1.29, 1.82) is 0 Å². The molecule has 1 saturated heterocycles. The van der Waals surface area contributed by atoms with Gasteiger partial charge in [-0.1, -0.05) is 23.7 Å². The van der Waals surface area contributed by atoms with Crippen molar-refractivity contribution in [2.24, 2.45) is 0 Å². The largest absolute Gasteiger partial charge is 0.463 e. The molecule has 0 bridgehead atoms. The Bertz CT molecular complexity index is 1380. The molecule has 0 aliphatic carbocycles. The highest BCUT2D eigenvalue weighted by Gasteiger charge is 2.17. The minimum Gasteiger partial charge on any atom is -0.463 e. The maximum atomic E-state index is 13.2. The predicted molar refractivity (Wildman–Crippen MR) is 134 cm³/mol. The number of hydrogen-bond donors (Lipinski definition) is 1. The van der Waals surface area contributed by atoms with Gasteiger partial charge < -0.3 is 19.2 Å². The van der Waals surface area contributed by atoms with E-state index in [9.17, 15) is 14.4 Å². The molecule has 0 radical (unpaired) electrons. The number of furan rings is 1. The first-order chi connectivity index (χ1) is 16.9. The van der Waals surface area contributed by atoms with Gasteiger partial charge in [-0.25, -0.2) is 4.79 Å². The molecule has 1 unspecified atom stereocenters. The number of ether oxygens (including phenoxy) is 2. The third-order valence-corrected chi connectivity index (χ3v) is 6.75. The quantitative estimate of drug-likeness (QED) is 0.461. The van der Waals surface area contributed by atoms with Crippen molar-refractivity contribution in [1.82, 2.24) is 9.88 Å². The Morgan fingerprint density at radius 1 is 1.29 bits per heavy atom. The van der Waals surface area contributed by atoms with Crippen LogP contribution in [0.3, 0.4) is 0 Å². The first-order valence-electron chi connectivity index (χ1n) is 11.3. The summed E-state index contributed by atoms with van der Waals surface area (Å²) in [5.74, 6) is 0.0683. The van der Waals surface area contributed by atoms with Gasteiger partial charge in [0, 0.05) is 24.8 Å². The van der Waals surface area contributed by atoms with Crippen molar-refractivity contribution in [3.63, 3.8) is 0 Å². The van der Waals surface area contributed by atoms with E-state index < -0.39 is 11.5 Å². The molecule has 0 saturated carbocycles. The number of nitrogens with zero attached hydrogens (tertiary/aromatic N) is 1. The highest BCUT2D eigenvalue weighted by atomic mass is 35.5. The maximum absolute atomic E-state index is 13.2. The zero-order valence-corrected chi connectivity index (χ0v) is 20.7. The lowest BCUT2D eigenvalue weighted by Crippen LogP contribution is -2.40. The van der Waals surface area contributed by atoms with E-state index in [0.29, 0.717) is 38.9 Å². The van der Waals surface area contributed by atoms with Crippen molar-refractivity contribution in [2.75, 3.05) is 19.8 Å². The van der Waals surface area contributed by atoms with E-state index in [1.807, 2.05) is 18.2 Å². The number of nitrogens with one attached hydrogen (secondary N) is 1. The molecule has 1 aliphatic heterocycles. The zero-order chi connectivity index (χ0) is 24.8. The van der Waals surface area contributed by atoms with Gasteiger partial charge in [0.25, 0.3) is 5.56 Å². The van der Waals surface area contributed by atoms with Gasteiger partial charge in [-0.3, -0.25) is 14.2 Å². The summed E-state index contributed by atoms with van der Waals surface area (Å²) in [5, 5.41) is 3.35. The molecule has 1 N–H and O–H groups in total. The molecule has 8 nitrogen and oxygen atoms in total. The summed E-state index contributed by atoms with van der Waals surface area (Å²) in [6.45, 7) is 2.73. The van der Waals surface area contributed by atoms with Gasteiger partial charge in [-0.15, -0.1) is 11.3 Å². The number of carbonyl (C=O) groups excluding carboxylic acids is 2. The zero-order valence-electron chi connectivity index (χ0n) is 19.1. The molecule has 1 aliphatic rings. The van der Waals surface area contributed by atoms with Gasteiger partial charge >= 0.3 is 5.97 Å². The molecule has 3 aromatic rings. The summed E-state index contributed by atoms with van der Waals surface area (Å²) in [7, 11) is 0. The van der Waals surface area contributed by atoms with E-state index in [4.69, 9.17) is 25.5 Å². The first kappa shape index (κ1) is 25.0. The fourth-order valence-corrected chi connectivity index (χ4v) is 4.92. The normalized spacial score (nSPS) is 16.6. The fraction of sp³-hybridized carbons (Fsp3) is 0.320. The standard InChI is InChI=1S/C25H25ClN2O6S/c1-2-32-24(30)13-23-28(15-22(29)27-14-17-6-5-11-33-17)25(31)21(35-23)12-16-9-10-20(34-16)18-7-3-4-8-19(18)26/h3-4,7-10,12-13,17H,2,5-6,11,14-15H2,1H3,(H,27,29). The van der Waals surface area contributed by atoms with Crippen LogP contribution >= 0.6 is 22.9 Å². The van der Waals surface area contributed by atoms with Crippen LogP contribution in [0.25, 0.3) is 23.5 Å². The molecule has 1 fully saturated rings. The number of carbonyl (C=O) groups is 2. The summed E-state index contributed by atoms with van der Waals surface area (Å²) in [5.41, 5.74) is 0.324. The van der Waals surface area contributed by atoms with Gasteiger partial charge in [0.05, 0.1) is 28.3 Å². The molecule has 184 valence electrons. The molecule has 10 heteroatoms. The number of rotatable bonds is 8. The van der Waals surface area contributed by atoms with Gasteiger partial charge in [0.15, 0.2) is 0 Å². The molecule has 1 atom stereocenters. The Balaban J connectivity index is 1.64. The monoisotopic (exact) mass is 516 g/mol. The van der Waals surface area contributed by atoms with Crippen LogP contribution in [0.5, 0.6) is 0 Å². The van der Waals surface area contributed by atoms with Crippen LogP contribution in [-0.2, 0) is 25.6 Å². The number of halogens is 1. The van der Waals surface area contributed by atoms with Gasteiger partial charge in [-0.05, 0) is 44.0 Å². The lowest BCUT2D eigenvalue weighted by atomic mass is 10.2. The average Bonchev–Trinajstić information content (AvgIpc) is 3.57. The third-order valence-electron chi connectivity index (χ3n) is 5.36. The van der Waals surface area contributed by atoms with Crippen molar-refractivity contribution >= 4 is 47.0 Å². The molecular formula is C25H25ClN2O6S. The summed E-state index contributed by atoms with van der Waals surface area (Å²) < 4.78 is 18.3. The second-order valence-electron chi connectivity index (χ2n) is 7.86. The second kappa shape index (κ2) is 11.5. The predicted octanol–water partition coefficient (Wildman–Crippen LogP) is 2.29. The van der Waals surface area contributed by atoms with E-state index >= 15 is 0 Å². The van der Waals surface area contributed by atoms with Gasteiger partial charge in [-0.2, -0.15) is 0 Å². The van der Waals surface area contributed by atoms with E-state index in [1.165, 1.54) is 10.6 Å². The van der Waals surface area contributed by atoms with Crippen LogP contribution in [0.15, 0.2) is 45.6 Å².